The van der Waals surface area contributed by atoms with Crippen molar-refractivity contribution in [1.82, 2.24) is 25.2 Å². The van der Waals surface area contributed by atoms with Crippen LogP contribution in [0.4, 0.5) is 5.95 Å². The van der Waals surface area contributed by atoms with E-state index in [1.807, 2.05) is 43.7 Å². The van der Waals surface area contributed by atoms with E-state index in [2.05, 4.69) is 57.6 Å². The van der Waals surface area contributed by atoms with Crippen molar-refractivity contribution < 1.29 is 9.53 Å². The summed E-state index contributed by atoms with van der Waals surface area (Å²) in [7, 11) is 3.67. The Morgan fingerprint density at radius 1 is 0.976 bits per heavy atom. The maximum absolute atomic E-state index is 13.4. The molecule has 0 spiro atoms. The number of nitrogens with one attached hydrogen (secondary N) is 1. The first-order valence-electron chi connectivity index (χ1n) is 14.8. The Morgan fingerprint density at radius 3 is 2.36 bits per heavy atom. The van der Waals surface area contributed by atoms with Gasteiger partial charge in [0, 0.05) is 61.8 Å². The summed E-state index contributed by atoms with van der Waals surface area (Å²) in [6.07, 6.45) is 15.2. The van der Waals surface area contributed by atoms with Crippen LogP contribution in [0.5, 0.6) is 5.75 Å². The number of carbonyl (C=O) groups excluding carboxylic acids is 1. The smallest absolute Gasteiger partial charge is 0.252 e. The number of anilines is 1. The van der Waals surface area contributed by atoms with Gasteiger partial charge in [-0.25, -0.2) is 9.97 Å². The lowest BCUT2D eigenvalue weighted by atomic mass is 9.94. The van der Waals surface area contributed by atoms with E-state index in [-0.39, 0.29) is 5.91 Å². The van der Waals surface area contributed by atoms with Crippen molar-refractivity contribution in [3.05, 3.63) is 90.0 Å². The summed E-state index contributed by atoms with van der Waals surface area (Å²) >= 11 is 0. The Balaban J connectivity index is 0.000000573. The lowest BCUT2D eigenvalue weighted by molar-refractivity contribution is 0.0930. The van der Waals surface area contributed by atoms with Crippen molar-refractivity contribution in [3.63, 3.8) is 0 Å². The Hall–Kier alpha value is -4.46. The SMILES string of the molecule is CN1C=CC1.COc1ccc(C)c(C(=O)NC2(c3cc(-c4cnc(N5CCCCC5)nc4)cc4ncccc34)CC2)c1. The maximum Gasteiger partial charge on any atom is 0.252 e. The second kappa shape index (κ2) is 11.8. The highest BCUT2D eigenvalue weighted by Crippen LogP contribution is 2.49. The number of hydrogen-bond acceptors (Lipinski definition) is 7. The zero-order valence-electron chi connectivity index (χ0n) is 24.6. The highest BCUT2D eigenvalue weighted by Gasteiger charge is 2.47. The van der Waals surface area contributed by atoms with Crippen LogP contribution >= 0.6 is 0 Å². The summed E-state index contributed by atoms with van der Waals surface area (Å²) in [5.41, 5.74) is 5.05. The number of carbonyl (C=O) groups is 1. The predicted molar refractivity (Wildman–Crippen MR) is 167 cm³/mol. The first-order valence-corrected chi connectivity index (χ1v) is 14.8. The van der Waals surface area contributed by atoms with Crippen LogP contribution in [0, 0.1) is 6.92 Å². The number of rotatable bonds is 6. The van der Waals surface area contributed by atoms with Crippen LogP contribution < -0.4 is 15.0 Å². The van der Waals surface area contributed by atoms with E-state index in [9.17, 15) is 4.79 Å². The highest BCUT2D eigenvalue weighted by atomic mass is 16.5. The van der Waals surface area contributed by atoms with Crippen molar-refractivity contribution in [1.29, 1.82) is 0 Å². The van der Waals surface area contributed by atoms with E-state index in [4.69, 9.17) is 14.7 Å². The van der Waals surface area contributed by atoms with Gasteiger partial charge < -0.3 is 19.9 Å². The normalized spacial score (nSPS) is 16.7. The third kappa shape index (κ3) is 5.79. The second-order valence-electron chi connectivity index (χ2n) is 11.5. The van der Waals surface area contributed by atoms with Gasteiger partial charge in [-0.15, -0.1) is 0 Å². The average Bonchev–Trinajstić information content (AvgIpc) is 3.80. The van der Waals surface area contributed by atoms with Crippen molar-refractivity contribution in [2.45, 2.75) is 44.6 Å². The highest BCUT2D eigenvalue weighted by molar-refractivity contribution is 5.98. The summed E-state index contributed by atoms with van der Waals surface area (Å²) in [6.45, 7) is 5.11. The Morgan fingerprint density at radius 2 is 1.71 bits per heavy atom. The molecule has 0 unspecified atom stereocenters. The van der Waals surface area contributed by atoms with E-state index in [0.29, 0.717) is 11.3 Å². The van der Waals surface area contributed by atoms with Crippen LogP contribution in [0.25, 0.3) is 22.0 Å². The van der Waals surface area contributed by atoms with Gasteiger partial charge in [0.15, 0.2) is 0 Å². The zero-order valence-corrected chi connectivity index (χ0v) is 24.6. The molecule has 8 heteroatoms. The molecule has 1 saturated carbocycles. The summed E-state index contributed by atoms with van der Waals surface area (Å²) in [6, 6.07) is 13.9. The summed E-state index contributed by atoms with van der Waals surface area (Å²) in [5.74, 6) is 1.37. The molecule has 2 aromatic heterocycles. The molecule has 216 valence electrons. The van der Waals surface area contributed by atoms with E-state index < -0.39 is 5.54 Å². The van der Waals surface area contributed by atoms with Gasteiger partial charge in [-0.1, -0.05) is 12.1 Å². The van der Waals surface area contributed by atoms with Gasteiger partial charge in [0.2, 0.25) is 5.95 Å². The second-order valence-corrected chi connectivity index (χ2v) is 11.5. The number of nitrogens with zero attached hydrogens (tertiary/aromatic N) is 5. The van der Waals surface area contributed by atoms with E-state index in [0.717, 1.165) is 71.6 Å². The minimum absolute atomic E-state index is 0.0921. The van der Waals surface area contributed by atoms with Crippen molar-refractivity contribution >= 4 is 22.8 Å². The standard InChI is InChI=1S/C30H31N5O2.C4H7N/c1-20-8-9-23(37-2)17-25(20)28(36)34-30(10-11-30)26-15-21(16-27-24(26)7-6-12-31-27)22-18-32-29(33-19-22)35-13-4-3-5-14-35;1-5-3-2-4-5/h6-9,12,15-19H,3-5,10-11,13-14H2,1-2H3,(H,34,36);2-3H,4H2,1H3. The minimum atomic E-state index is -0.432. The quantitative estimate of drug-likeness (QED) is 0.315. The molecule has 0 bridgehead atoms. The van der Waals surface area contributed by atoms with Gasteiger partial charge in [-0.05, 0) is 98.3 Å². The van der Waals surface area contributed by atoms with Crippen LogP contribution in [-0.2, 0) is 5.54 Å². The molecule has 1 aliphatic carbocycles. The lowest BCUT2D eigenvalue weighted by Gasteiger charge is -2.26. The molecule has 42 heavy (non-hydrogen) atoms. The molecule has 2 aliphatic heterocycles. The molecule has 4 heterocycles. The van der Waals surface area contributed by atoms with E-state index in [1.165, 1.54) is 19.3 Å². The number of likely N-dealkylation sites (N-methyl/N-ethyl adjacent to an activating group) is 1. The zero-order chi connectivity index (χ0) is 29.1. The molecular formula is C34H38N6O2. The van der Waals surface area contributed by atoms with E-state index in [1.54, 1.807) is 13.2 Å². The Kier molecular flexibility index (Phi) is 7.78. The summed E-state index contributed by atoms with van der Waals surface area (Å²) in [5, 5.41) is 4.41. The van der Waals surface area contributed by atoms with Crippen molar-refractivity contribution in [2.24, 2.45) is 0 Å². The number of piperidine rings is 1. The molecule has 3 aliphatic rings. The number of amides is 1. The topological polar surface area (TPSA) is 83.5 Å². The minimum Gasteiger partial charge on any atom is -0.497 e. The molecule has 1 N–H and O–H groups in total. The largest absolute Gasteiger partial charge is 0.497 e. The van der Waals surface area contributed by atoms with E-state index >= 15 is 0 Å². The van der Waals surface area contributed by atoms with Crippen molar-refractivity contribution in [3.8, 4) is 16.9 Å². The van der Waals surface area contributed by atoms with Crippen LogP contribution in [0.1, 0.15) is 53.6 Å². The van der Waals surface area contributed by atoms with Crippen LogP contribution in [-0.4, -0.2) is 59.6 Å². The Bertz CT molecular complexity index is 1610. The first-order chi connectivity index (χ1) is 20.5. The van der Waals surface area contributed by atoms with Gasteiger partial charge >= 0.3 is 0 Å². The number of methoxy groups -OCH3 is 1. The molecular weight excluding hydrogens is 524 g/mol. The average molecular weight is 563 g/mol. The number of pyridine rings is 1. The number of aryl methyl sites for hydroxylation is 1. The lowest BCUT2D eigenvalue weighted by Crippen LogP contribution is -2.35. The number of fused-ring (bicyclic) bond motifs is 1. The maximum atomic E-state index is 13.4. The van der Waals surface area contributed by atoms with Crippen LogP contribution in [0.15, 0.2) is 73.3 Å². The third-order valence-electron chi connectivity index (χ3n) is 8.39. The fourth-order valence-corrected chi connectivity index (χ4v) is 5.63. The molecule has 8 nitrogen and oxygen atoms in total. The van der Waals surface area contributed by atoms with Gasteiger partial charge in [-0.3, -0.25) is 9.78 Å². The van der Waals surface area contributed by atoms with Gasteiger partial charge in [0.1, 0.15) is 5.75 Å². The number of hydrogen-bond donors (Lipinski definition) is 1. The molecule has 0 radical (unpaired) electrons. The first kappa shape index (κ1) is 27.7. The number of aromatic nitrogens is 3. The fraction of sp³-hybridized carbons (Fsp3) is 0.353. The monoisotopic (exact) mass is 562 g/mol. The van der Waals surface area contributed by atoms with Crippen LogP contribution in [0.2, 0.25) is 0 Å². The van der Waals surface area contributed by atoms with Crippen molar-refractivity contribution in [2.75, 3.05) is 38.7 Å². The van der Waals surface area contributed by atoms with Gasteiger partial charge in [-0.2, -0.15) is 0 Å². The Labute approximate surface area is 247 Å². The molecule has 1 saturated heterocycles. The molecule has 1 amide bonds. The summed E-state index contributed by atoms with van der Waals surface area (Å²) < 4.78 is 5.36. The van der Waals surface area contributed by atoms with Gasteiger partial charge in [0.05, 0.1) is 18.2 Å². The molecule has 4 aromatic rings. The van der Waals surface area contributed by atoms with Crippen LogP contribution in [0.3, 0.4) is 0 Å². The number of ether oxygens (including phenoxy) is 1. The summed E-state index contributed by atoms with van der Waals surface area (Å²) in [4.78, 5) is 31.9. The van der Waals surface area contributed by atoms with Gasteiger partial charge in [0.25, 0.3) is 5.91 Å². The molecule has 2 fully saturated rings. The predicted octanol–water partition coefficient (Wildman–Crippen LogP) is 5.86. The third-order valence-corrected chi connectivity index (χ3v) is 8.39. The number of benzene rings is 2. The molecule has 0 atom stereocenters. The fourth-order valence-electron chi connectivity index (χ4n) is 5.63. The molecule has 7 rings (SSSR count). The molecule has 2 aromatic carbocycles.